The van der Waals surface area contributed by atoms with Gasteiger partial charge in [-0.3, -0.25) is 19.3 Å². The Balaban J connectivity index is 1.54. The molecule has 1 aliphatic heterocycles. The number of amides is 3. The van der Waals surface area contributed by atoms with Crippen molar-refractivity contribution in [2.45, 2.75) is 6.54 Å². The summed E-state index contributed by atoms with van der Waals surface area (Å²) < 4.78 is 11.2. The van der Waals surface area contributed by atoms with Crippen molar-refractivity contribution in [3.05, 3.63) is 94.4 Å². The van der Waals surface area contributed by atoms with Gasteiger partial charge in [-0.1, -0.05) is 48.5 Å². The molecule has 9 heteroatoms. The van der Waals surface area contributed by atoms with Gasteiger partial charge in [0.2, 0.25) is 0 Å². The van der Waals surface area contributed by atoms with Crippen LogP contribution in [0, 0.1) is 11.3 Å². The lowest BCUT2D eigenvalue weighted by Gasteiger charge is -2.14. The average Bonchev–Trinajstić information content (AvgIpc) is 3.16. The topological polar surface area (TPSA) is 109 Å². The molecule has 3 aromatic carbocycles. The minimum Gasteiger partial charge on any atom is -0.493 e. The molecule has 3 aromatic rings. The Morgan fingerprint density at radius 1 is 1.06 bits per heavy atom. The van der Waals surface area contributed by atoms with Gasteiger partial charge in [0.15, 0.2) is 18.1 Å². The zero-order valence-electron chi connectivity index (χ0n) is 19.3. The van der Waals surface area contributed by atoms with Crippen molar-refractivity contribution in [3.63, 3.8) is 0 Å². The molecule has 1 saturated heterocycles. The number of methoxy groups -OCH3 is 1. The summed E-state index contributed by atoms with van der Waals surface area (Å²) in [5.74, 6) is -0.203. The first-order valence-electron chi connectivity index (χ1n) is 10.9. The van der Waals surface area contributed by atoms with Crippen LogP contribution in [0.4, 0.5) is 10.5 Å². The number of carbonyl (C=O) groups is 3. The van der Waals surface area contributed by atoms with E-state index in [1.807, 2.05) is 6.07 Å². The van der Waals surface area contributed by atoms with Crippen LogP contribution in [-0.4, -0.2) is 35.7 Å². The molecule has 8 nitrogen and oxygen atoms in total. The average molecular weight is 500 g/mol. The van der Waals surface area contributed by atoms with Gasteiger partial charge >= 0.3 is 0 Å². The third kappa shape index (κ3) is 5.56. The molecule has 1 N–H and O–H groups in total. The molecule has 4 rings (SSSR count). The number of nitrogens with zero attached hydrogens (tertiary/aromatic N) is 2. The van der Waals surface area contributed by atoms with Crippen molar-refractivity contribution in [2.24, 2.45) is 0 Å². The zero-order valence-corrected chi connectivity index (χ0v) is 20.1. The molecule has 3 amide bonds. The number of anilines is 1. The molecule has 0 saturated carbocycles. The van der Waals surface area contributed by atoms with Crippen molar-refractivity contribution in [1.82, 2.24) is 4.90 Å². The molecule has 180 valence electrons. The highest BCUT2D eigenvalue weighted by Crippen LogP contribution is 2.38. The van der Waals surface area contributed by atoms with Gasteiger partial charge in [0.1, 0.15) is 0 Å². The Hall–Kier alpha value is -4.55. The fraction of sp³-hybridized carbons (Fsp3) is 0.111. The van der Waals surface area contributed by atoms with Gasteiger partial charge in [-0.05, 0) is 47.7 Å². The van der Waals surface area contributed by atoms with E-state index < -0.39 is 11.1 Å². The summed E-state index contributed by atoms with van der Waals surface area (Å²) in [6.07, 6.45) is 1.54. The van der Waals surface area contributed by atoms with Gasteiger partial charge in [0.25, 0.3) is 17.1 Å². The zero-order chi connectivity index (χ0) is 25.5. The van der Waals surface area contributed by atoms with Crippen molar-refractivity contribution in [3.8, 4) is 17.6 Å². The summed E-state index contributed by atoms with van der Waals surface area (Å²) >= 11 is 0.798. The minimum atomic E-state index is -0.478. The number of para-hydroxylation sites is 2. The number of nitriles is 1. The SMILES string of the molecule is COc1cccc(/C=C2/SC(=O)N(Cc3ccccc3C#N)C2=O)c1OCC(=O)Nc1ccccc1. The van der Waals surface area contributed by atoms with Gasteiger partial charge < -0.3 is 14.8 Å². The van der Waals surface area contributed by atoms with E-state index in [0.29, 0.717) is 28.1 Å². The monoisotopic (exact) mass is 499 g/mol. The molecule has 1 fully saturated rings. The minimum absolute atomic E-state index is 0.00708. The standard InChI is InChI=1S/C27H21N3O5S/c1-34-22-13-7-10-18(25(22)35-17-24(31)29-21-11-3-2-4-12-21)14-23-26(32)30(27(33)36-23)16-20-9-6-5-8-19(20)15-28/h2-14H,16-17H2,1H3,(H,29,31)/b23-14+. The van der Waals surface area contributed by atoms with Crippen LogP contribution in [0.15, 0.2) is 77.7 Å². The molecule has 0 bridgehead atoms. The van der Waals surface area contributed by atoms with Gasteiger partial charge in [0.05, 0.1) is 30.2 Å². The molecule has 36 heavy (non-hydrogen) atoms. The lowest BCUT2D eigenvalue weighted by Crippen LogP contribution is -2.27. The smallest absolute Gasteiger partial charge is 0.293 e. The third-order valence-electron chi connectivity index (χ3n) is 5.26. The summed E-state index contributed by atoms with van der Waals surface area (Å²) in [5, 5.41) is 11.6. The molecule has 1 heterocycles. The van der Waals surface area contributed by atoms with E-state index in [-0.39, 0.29) is 29.7 Å². The van der Waals surface area contributed by atoms with Crippen LogP contribution in [0.2, 0.25) is 0 Å². The van der Waals surface area contributed by atoms with E-state index in [9.17, 15) is 19.6 Å². The first kappa shape index (κ1) is 24.6. The Bertz CT molecular complexity index is 1380. The highest BCUT2D eigenvalue weighted by Gasteiger charge is 2.35. The quantitative estimate of drug-likeness (QED) is 0.443. The maximum Gasteiger partial charge on any atom is 0.293 e. The number of hydrogen-bond donors (Lipinski definition) is 1. The number of imide groups is 1. The fourth-order valence-electron chi connectivity index (χ4n) is 3.53. The van der Waals surface area contributed by atoms with E-state index in [2.05, 4.69) is 11.4 Å². The molecule has 0 spiro atoms. The number of carbonyl (C=O) groups excluding carboxylic acids is 3. The molecule has 0 atom stereocenters. The van der Waals surface area contributed by atoms with E-state index in [4.69, 9.17) is 9.47 Å². The second-order valence-electron chi connectivity index (χ2n) is 7.62. The summed E-state index contributed by atoms with van der Waals surface area (Å²) in [6.45, 7) is -0.296. The summed E-state index contributed by atoms with van der Waals surface area (Å²) in [7, 11) is 1.47. The van der Waals surface area contributed by atoms with Crippen LogP contribution in [0.25, 0.3) is 6.08 Å². The number of ether oxygens (including phenoxy) is 2. The Kier molecular flexibility index (Phi) is 7.68. The van der Waals surface area contributed by atoms with Crippen molar-refractivity contribution in [1.29, 1.82) is 5.26 Å². The third-order valence-corrected chi connectivity index (χ3v) is 6.17. The number of hydrogen-bond acceptors (Lipinski definition) is 7. The van der Waals surface area contributed by atoms with Crippen LogP contribution in [0.3, 0.4) is 0 Å². The Labute approximate surface area is 212 Å². The van der Waals surface area contributed by atoms with Crippen molar-refractivity contribution >= 4 is 40.6 Å². The van der Waals surface area contributed by atoms with Crippen LogP contribution in [0.5, 0.6) is 11.5 Å². The molecule has 1 aliphatic rings. The van der Waals surface area contributed by atoms with Crippen LogP contribution >= 0.6 is 11.8 Å². The Morgan fingerprint density at radius 3 is 2.56 bits per heavy atom. The predicted octanol–water partition coefficient (Wildman–Crippen LogP) is 4.82. The maximum atomic E-state index is 13.1. The van der Waals surface area contributed by atoms with Gasteiger partial charge in [-0.2, -0.15) is 5.26 Å². The van der Waals surface area contributed by atoms with E-state index in [0.717, 1.165) is 16.7 Å². The highest BCUT2D eigenvalue weighted by molar-refractivity contribution is 8.18. The largest absolute Gasteiger partial charge is 0.493 e. The van der Waals surface area contributed by atoms with E-state index >= 15 is 0 Å². The molecular formula is C27H21N3O5S. The van der Waals surface area contributed by atoms with Gasteiger partial charge in [0, 0.05) is 11.3 Å². The first-order valence-corrected chi connectivity index (χ1v) is 11.7. The fourth-order valence-corrected chi connectivity index (χ4v) is 4.36. The van der Waals surface area contributed by atoms with Gasteiger partial charge in [-0.15, -0.1) is 0 Å². The number of nitrogens with one attached hydrogen (secondary N) is 1. The lowest BCUT2D eigenvalue weighted by molar-refractivity contribution is -0.123. The predicted molar refractivity (Wildman–Crippen MR) is 136 cm³/mol. The number of benzene rings is 3. The molecule has 0 radical (unpaired) electrons. The Morgan fingerprint density at radius 2 is 1.81 bits per heavy atom. The normalized spacial score (nSPS) is 14.0. The summed E-state index contributed by atoms with van der Waals surface area (Å²) in [5.41, 5.74) is 2.10. The molecule has 0 unspecified atom stereocenters. The number of rotatable bonds is 8. The highest BCUT2D eigenvalue weighted by atomic mass is 32.2. The van der Waals surface area contributed by atoms with E-state index in [1.54, 1.807) is 66.7 Å². The first-order chi connectivity index (χ1) is 17.5. The summed E-state index contributed by atoms with van der Waals surface area (Å²) in [6, 6.07) is 23.0. The van der Waals surface area contributed by atoms with Crippen molar-refractivity contribution < 1.29 is 23.9 Å². The number of thioether (sulfide) groups is 1. The van der Waals surface area contributed by atoms with Crippen LogP contribution in [0.1, 0.15) is 16.7 Å². The molecule has 0 aliphatic carbocycles. The molecule has 0 aromatic heterocycles. The lowest BCUT2D eigenvalue weighted by atomic mass is 10.1. The van der Waals surface area contributed by atoms with Crippen LogP contribution in [-0.2, 0) is 16.1 Å². The van der Waals surface area contributed by atoms with Gasteiger partial charge in [-0.25, -0.2) is 0 Å². The second-order valence-corrected chi connectivity index (χ2v) is 8.61. The summed E-state index contributed by atoms with van der Waals surface area (Å²) in [4.78, 5) is 39.4. The van der Waals surface area contributed by atoms with Crippen LogP contribution < -0.4 is 14.8 Å². The second kappa shape index (κ2) is 11.3. The van der Waals surface area contributed by atoms with E-state index in [1.165, 1.54) is 13.2 Å². The van der Waals surface area contributed by atoms with Crippen molar-refractivity contribution in [2.75, 3.05) is 19.0 Å². The molecular weight excluding hydrogens is 478 g/mol. The maximum absolute atomic E-state index is 13.1.